The number of ether oxygens (including phenoxy) is 1. The zero-order valence-corrected chi connectivity index (χ0v) is 14.8. The normalized spacial score (nSPS) is 12.0. The van der Waals surface area contributed by atoms with Crippen LogP contribution in [0.3, 0.4) is 0 Å². The van der Waals surface area contributed by atoms with Crippen LogP contribution in [0.4, 0.5) is 5.00 Å². The van der Waals surface area contributed by atoms with Gasteiger partial charge >= 0.3 is 5.97 Å². The minimum atomic E-state index is -0.471. The summed E-state index contributed by atoms with van der Waals surface area (Å²) in [5.74, 6) is -0.632. The van der Waals surface area contributed by atoms with E-state index in [-0.39, 0.29) is 5.91 Å². The van der Waals surface area contributed by atoms with Crippen LogP contribution in [-0.2, 0) is 9.53 Å². The van der Waals surface area contributed by atoms with Crippen molar-refractivity contribution in [2.24, 2.45) is 0 Å². The number of hydrogen-bond donors (Lipinski definition) is 1. The second-order valence-electron chi connectivity index (χ2n) is 5.31. The summed E-state index contributed by atoms with van der Waals surface area (Å²) in [5, 5.41) is 7.61. The number of anilines is 1. The first-order valence-corrected chi connectivity index (χ1v) is 8.26. The number of carbonyl (C=O) groups excluding carboxylic acids is 2. The molecule has 2 aromatic rings. The van der Waals surface area contributed by atoms with Gasteiger partial charge in [-0.2, -0.15) is 5.10 Å². The molecule has 0 aliphatic heterocycles. The first-order chi connectivity index (χ1) is 10.8. The molecule has 0 saturated carbocycles. The van der Waals surface area contributed by atoms with E-state index < -0.39 is 12.0 Å². The molecule has 2 aromatic heterocycles. The molecule has 0 aromatic carbocycles. The summed E-state index contributed by atoms with van der Waals surface area (Å²) in [7, 11) is 0. The Labute approximate surface area is 139 Å². The van der Waals surface area contributed by atoms with E-state index in [0.717, 1.165) is 16.1 Å². The van der Waals surface area contributed by atoms with Crippen LogP contribution in [0.2, 0.25) is 0 Å². The van der Waals surface area contributed by atoms with Crippen molar-refractivity contribution in [1.82, 2.24) is 9.78 Å². The third-order valence-corrected chi connectivity index (χ3v) is 4.74. The number of carbonyl (C=O) groups is 2. The molecule has 2 rings (SSSR count). The van der Waals surface area contributed by atoms with Crippen molar-refractivity contribution in [3.8, 4) is 0 Å². The van der Waals surface area contributed by atoms with Crippen molar-refractivity contribution < 1.29 is 14.3 Å². The van der Waals surface area contributed by atoms with Gasteiger partial charge in [0, 0.05) is 11.1 Å². The topological polar surface area (TPSA) is 73.2 Å². The van der Waals surface area contributed by atoms with Gasteiger partial charge in [0.2, 0.25) is 5.91 Å². The Kier molecular flexibility index (Phi) is 5.20. The van der Waals surface area contributed by atoms with E-state index in [1.807, 2.05) is 26.8 Å². The van der Waals surface area contributed by atoms with Crippen LogP contribution in [0.5, 0.6) is 0 Å². The molecule has 7 heteroatoms. The molecule has 0 aliphatic carbocycles. The molecular weight excluding hydrogens is 314 g/mol. The van der Waals surface area contributed by atoms with Gasteiger partial charge in [0.25, 0.3) is 0 Å². The molecule has 0 aliphatic rings. The van der Waals surface area contributed by atoms with E-state index in [1.54, 1.807) is 24.7 Å². The van der Waals surface area contributed by atoms with Crippen molar-refractivity contribution in [3.05, 3.63) is 34.0 Å². The summed E-state index contributed by atoms with van der Waals surface area (Å²) in [6.07, 6.45) is 1.76. The third kappa shape index (κ3) is 3.61. The SMILES string of the molecule is CCOC(=O)c1c(NC(=O)C(C)n2ccc(C)n2)sc(C)c1C. The number of nitrogens with one attached hydrogen (secondary N) is 1. The Hall–Kier alpha value is -2.15. The Morgan fingerprint density at radius 3 is 2.65 bits per heavy atom. The van der Waals surface area contributed by atoms with Crippen molar-refractivity contribution in [2.75, 3.05) is 11.9 Å². The molecule has 23 heavy (non-hydrogen) atoms. The lowest BCUT2D eigenvalue weighted by atomic mass is 10.1. The summed E-state index contributed by atoms with van der Waals surface area (Å²) in [4.78, 5) is 25.6. The van der Waals surface area contributed by atoms with Crippen LogP contribution in [0.15, 0.2) is 12.3 Å². The van der Waals surface area contributed by atoms with E-state index >= 15 is 0 Å². The van der Waals surface area contributed by atoms with Crippen molar-refractivity contribution >= 4 is 28.2 Å². The van der Waals surface area contributed by atoms with Crippen LogP contribution in [0, 0.1) is 20.8 Å². The van der Waals surface area contributed by atoms with Gasteiger partial charge in [0.15, 0.2) is 0 Å². The molecule has 1 amide bonds. The molecule has 0 saturated heterocycles. The number of hydrogen-bond acceptors (Lipinski definition) is 5. The zero-order valence-electron chi connectivity index (χ0n) is 14.0. The molecule has 0 bridgehead atoms. The van der Waals surface area contributed by atoms with E-state index in [0.29, 0.717) is 17.2 Å². The van der Waals surface area contributed by atoms with E-state index in [4.69, 9.17) is 4.74 Å². The minimum Gasteiger partial charge on any atom is -0.462 e. The highest BCUT2D eigenvalue weighted by molar-refractivity contribution is 7.16. The summed E-state index contributed by atoms with van der Waals surface area (Å²) < 4.78 is 6.69. The van der Waals surface area contributed by atoms with Crippen molar-refractivity contribution in [3.63, 3.8) is 0 Å². The summed E-state index contributed by atoms with van der Waals surface area (Å²) >= 11 is 1.38. The molecule has 1 N–H and O–H groups in total. The number of nitrogens with zero attached hydrogens (tertiary/aromatic N) is 2. The predicted molar refractivity (Wildman–Crippen MR) is 90.1 cm³/mol. The molecule has 6 nitrogen and oxygen atoms in total. The minimum absolute atomic E-state index is 0.222. The van der Waals surface area contributed by atoms with Crippen LogP contribution >= 0.6 is 11.3 Å². The van der Waals surface area contributed by atoms with Crippen LogP contribution in [0.1, 0.15) is 46.4 Å². The van der Waals surface area contributed by atoms with Gasteiger partial charge in [0.1, 0.15) is 11.0 Å². The monoisotopic (exact) mass is 335 g/mol. The van der Waals surface area contributed by atoms with Gasteiger partial charge < -0.3 is 10.1 Å². The number of thiophene rings is 1. The number of rotatable bonds is 5. The van der Waals surface area contributed by atoms with E-state index in [9.17, 15) is 9.59 Å². The predicted octanol–water partition coefficient (Wildman–Crippen LogP) is 3.25. The number of esters is 1. The maximum absolute atomic E-state index is 12.5. The van der Waals surface area contributed by atoms with Gasteiger partial charge in [-0.1, -0.05) is 0 Å². The maximum atomic E-state index is 12.5. The molecule has 124 valence electrons. The van der Waals surface area contributed by atoms with Gasteiger partial charge in [-0.05, 0) is 46.2 Å². The lowest BCUT2D eigenvalue weighted by molar-refractivity contribution is -0.119. The average Bonchev–Trinajstić information content (AvgIpc) is 3.03. The Morgan fingerprint density at radius 1 is 1.39 bits per heavy atom. The molecule has 1 unspecified atom stereocenters. The average molecular weight is 335 g/mol. The summed E-state index contributed by atoms with van der Waals surface area (Å²) in [5.41, 5.74) is 2.12. The fourth-order valence-corrected chi connectivity index (χ4v) is 3.20. The van der Waals surface area contributed by atoms with Gasteiger partial charge in [-0.3, -0.25) is 9.48 Å². The first kappa shape index (κ1) is 17.2. The fourth-order valence-electron chi connectivity index (χ4n) is 2.15. The Morgan fingerprint density at radius 2 is 2.09 bits per heavy atom. The molecular formula is C16H21N3O3S. The zero-order chi connectivity index (χ0) is 17.1. The molecule has 0 radical (unpaired) electrons. The molecule has 0 fully saturated rings. The smallest absolute Gasteiger partial charge is 0.341 e. The van der Waals surface area contributed by atoms with Crippen molar-refractivity contribution in [1.29, 1.82) is 0 Å². The largest absolute Gasteiger partial charge is 0.462 e. The molecule has 1 atom stereocenters. The lowest BCUT2D eigenvalue weighted by Gasteiger charge is -2.13. The van der Waals surface area contributed by atoms with E-state index in [2.05, 4.69) is 10.4 Å². The van der Waals surface area contributed by atoms with Gasteiger partial charge in [0.05, 0.1) is 17.9 Å². The van der Waals surface area contributed by atoms with Crippen molar-refractivity contribution in [2.45, 2.75) is 40.7 Å². The van der Waals surface area contributed by atoms with E-state index in [1.165, 1.54) is 11.3 Å². The summed E-state index contributed by atoms with van der Waals surface area (Å²) in [6, 6.07) is 1.37. The van der Waals surface area contributed by atoms with Crippen LogP contribution in [-0.4, -0.2) is 28.3 Å². The molecule has 0 spiro atoms. The third-order valence-electron chi connectivity index (χ3n) is 3.62. The fraction of sp³-hybridized carbons (Fsp3) is 0.438. The second kappa shape index (κ2) is 6.95. The molecule has 2 heterocycles. The maximum Gasteiger partial charge on any atom is 0.341 e. The summed E-state index contributed by atoms with van der Waals surface area (Å²) in [6.45, 7) is 9.45. The highest BCUT2D eigenvalue weighted by Crippen LogP contribution is 2.33. The van der Waals surface area contributed by atoms with Gasteiger partial charge in [-0.15, -0.1) is 11.3 Å². The van der Waals surface area contributed by atoms with Crippen LogP contribution < -0.4 is 5.32 Å². The number of amides is 1. The Bertz CT molecular complexity index is 733. The lowest BCUT2D eigenvalue weighted by Crippen LogP contribution is -2.24. The number of aromatic nitrogens is 2. The highest BCUT2D eigenvalue weighted by atomic mass is 32.1. The van der Waals surface area contributed by atoms with Crippen LogP contribution in [0.25, 0.3) is 0 Å². The Balaban J connectivity index is 2.24. The standard InChI is InChI=1S/C16H21N3O3S/c1-6-22-16(21)13-10(3)12(5)23-15(13)17-14(20)11(4)19-8-7-9(2)18-19/h7-8,11H,6H2,1-5H3,(H,17,20). The first-order valence-electron chi connectivity index (χ1n) is 7.44. The highest BCUT2D eigenvalue weighted by Gasteiger charge is 2.24. The quantitative estimate of drug-likeness (QED) is 0.851. The second-order valence-corrected chi connectivity index (χ2v) is 6.53. The van der Waals surface area contributed by atoms with Gasteiger partial charge in [-0.25, -0.2) is 4.79 Å². The number of aryl methyl sites for hydroxylation is 2.